The molecule has 2 aromatic rings. The lowest BCUT2D eigenvalue weighted by atomic mass is 9.91. The van der Waals surface area contributed by atoms with E-state index in [1.807, 2.05) is 24.3 Å². The summed E-state index contributed by atoms with van der Waals surface area (Å²) >= 11 is 0. The van der Waals surface area contributed by atoms with E-state index < -0.39 is 41.0 Å². The van der Waals surface area contributed by atoms with Crippen LogP contribution in [-0.2, 0) is 23.9 Å². The second-order valence-electron chi connectivity index (χ2n) is 12.9. The normalized spacial score (nSPS) is 29.6. The molecule has 5 atom stereocenters. The molecule has 5 rings (SSSR count). The fraction of sp³-hybridized carbons (Fsp3) is 0.594. The Balaban J connectivity index is 1.41. The van der Waals surface area contributed by atoms with Gasteiger partial charge < -0.3 is 23.9 Å². The van der Waals surface area contributed by atoms with Crippen molar-refractivity contribution in [2.75, 3.05) is 6.54 Å². The van der Waals surface area contributed by atoms with Gasteiger partial charge in [-0.2, -0.15) is 4.98 Å². The lowest BCUT2D eigenvalue weighted by Crippen LogP contribution is -2.45. The Kier molecular flexibility index (Phi) is 8.44. The Morgan fingerprint density at radius 2 is 1.95 bits per heavy atom. The largest absolute Gasteiger partial charge is 0.481 e. The van der Waals surface area contributed by atoms with Crippen LogP contribution in [0.5, 0.6) is 6.08 Å². The number of hydrogen-bond acceptors (Lipinski definition) is 8. The number of ether oxygens (including phenoxy) is 2. The number of carboxylic acids is 1. The Bertz CT molecular complexity index is 1340. The number of nitrogens with zero attached hydrogens (tertiary/aromatic N) is 2. The highest BCUT2D eigenvalue weighted by atomic mass is 16.6. The lowest BCUT2D eigenvalue weighted by Gasteiger charge is -2.29. The molecule has 0 spiro atoms. The standard InChI is InChI=1S/C32H40N2O8/c1-31(2,3)42-27(36)15-20-11-7-5-4-6-8-12-21-17-32(21,29(38)39)18-25(35)24-16-22(19-34(24)28(20)37)40-30-33-23-13-9-10-14-26(23)41-30/h8-10,12-14,20-22,24H,4-7,11,15-19H2,1-3H3,(H,38,39)/b12-8-/t20-,21+,22-,24+,32-/m1/s1. The number of rotatable bonds is 5. The number of allylic oxidation sites excluding steroid dienone is 2. The maximum Gasteiger partial charge on any atom is 0.394 e. The molecule has 42 heavy (non-hydrogen) atoms. The summed E-state index contributed by atoms with van der Waals surface area (Å²) in [5.41, 5.74) is -0.664. The number of para-hydroxylation sites is 2. The van der Waals surface area contributed by atoms with E-state index >= 15 is 0 Å². The van der Waals surface area contributed by atoms with E-state index in [1.54, 1.807) is 32.9 Å². The van der Waals surface area contributed by atoms with E-state index in [0.717, 1.165) is 25.7 Å². The Hall–Kier alpha value is -3.69. The van der Waals surface area contributed by atoms with Crippen LogP contribution in [0.2, 0.25) is 0 Å². The summed E-state index contributed by atoms with van der Waals surface area (Å²) in [4.78, 5) is 58.9. The summed E-state index contributed by atoms with van der Waals surface area (Å²) in [5, 5.41) is 10.1. The number of Topliss-reactive ketones (excluding diaryl/α,β-unsaturated/α-hetero) is 1. The van der Waals surface area contributed by atoms with E-state index in [2.05, 4.69) is 4.98 Å². The number of carbonyl (C=O) groups excluding carboxylic acids is 3. The van der Waals surface area contributed by atoms with Crippen LogP contribution in [0.4, 0.5) is 0 Å². The van der Waals surface area contributed by atoms with Gasteiger partial charge in [-0.25, -0.2) is 0 Å². The monoisotopic (exact) mass is 580 g/mol. The Morgan fingerprint density at radius 1 is 1.17 bits per heavy atom. The molecule has 10 heteroatoms. The zero-order valence-electron chi connectivity index (χ0n) is 24.5. The number of oxazole rings is 1. The third-order valence-corrected chi connectivity index (χ3v) is 8.48. The van der Waals surface area contributed by atoms with Crippen molar-refractivity contribution in [2.24, 2.45) is 17.3 Å². The quantitative estimate of drug-likeness (QED) is 0.379. The molecular weight excluding hydrogens is 540 g/mol. The number of benzene rings is 1. The van der Waals surface area contributed by atoms with Gasteiger partial charge in [0.15, 0.2) is 11.4 Å². The summed E-state index contributed by atoms with van der Waals surface area (Å²) < 4.78 is 17.3. The maximum absolute atomic E-state index is 14.1. The van der Waals surface area contributed by atoms with Crippen molar-refractivity contribution in [2.45, 2.75) is 96.3 Å². The summed E-state index contributed by atoms with van der Waals surface area (Å²) in [6.07, 6.45) is 7.49. The predicted octanol–water partition coefficient (Wildman–Crippen LogP) is 5.09. The number of aromatic nitrogens is 1. The number of carbonyl (C=O) groups is 4. The first-order valence-electron chi connectivity index (χ1n) is 14.9. The third-order valence-electron chi connectivity index (χ3n) is 8.48. The summed E-state index contributed by atoms with van der Waals surface area (Å²) in [6.45, 7) is 5.44. The van der Waals surface area contributed by atoms with Crippen LogP contribution in [0.15, 0.2) is 40.8 Å². The number of esters is 1. The van der Waals surface area contributed by atoms with E-state index in [-0.39, 0.29) is 49.5 Å². The van der Waals surface area contributed by atoms with Gasteiger partial charge in [0.1, 0.15) is 17.2 Å². The van der Waals surface area contributed by atoms with Gasteiger partial charge in [-0.15, -0.1) is 0 Å². The zero-order chi connectivity index (χ0) is 30.1. The van der Waals surface area contributed by atoms with Gasteiger partial charge in [-0.1, -0.05) is 37.1 Å². The number of carboxylic acid groups (broad SMARTS) is 1. The highest BCUT2D eigenvalue weighted by molar-refractivity contribution is 5.95. The van der Waals surface area contributed by atoms with Crippen molar-refractivity contribution in [3.63, 3.8) is 0 Å². The Labute approximate surface area is 245 Å². The minimum Gasteiger partial charge on any atom is -0.481 e. The molecule has 0 unspecified atom stereocenters. The number of ketones is 1. The van der Waals surface area contributed by atoms with Crippen molar-refractivity contribution in [3.8, 4) is 6.08 Å². The van der Waals surface area contributed by atoms with Crippen LogP contribution in [0.3, 0.4) is 0 Å². The van der Waals surface area contributed by atoms with Gasteiger partial charge >= 0.3 is 18.0 Å². The van der Waals surface area contributed by atoms with Gasteiger partial charge in [0.25, 0.3) is 0 Å². The van der Waals surface area contributed by atoms with Crippen LogP contribution in [-0.4, -0.2) is 62.9 Å². The molecule has 1 aromatic heterocycles. The highest BCUT2D eigenvalue weighted by Gasteiger charge is 2.61. The number of amides is 1. The number of aliphatic carboxylic acids is 1. The first-order chi connectivity index (χ1) is 19.9. The van der Waals surface area contributed by atoms with E-state index in [4.69, 9.17) is 13.9 Å². The first-order valence-corrected chi connectivity index (χ1v) is 14.9. The number of hydrogen-bond donors (Lipinski definition) is 1. The Morgan fingerprint density at radius 3 is 2.69 bits per heavy atom. The minimum atomic E-state index is -1.16. The van der Waals surface area contributed by atoms with Crippen LogP contribution in [0, 0.1) is 17.3 Å². The van der Waals surface area contributed by atoms with E-state index in [9.17, 15) is 24.3 Å². The van der Waals surface area contributed by atoms with Gasteiger partial charge in [0.2, 0.25) is 5.91 Å². The molecule has 2 fully saturated rings. The van der Waals surface area contributed by atoms with Crippen molar-refractivity contribution >= 4 is 34.7 Å². The maximum atomic E-state index is 14.1. The third kappa shape index (κ3) is 6.68. The van der Waals surface area contributed by atoms with Crippen LogP contribution in [0.1, 0.15) is 78.6 Å². The van der Waals surface area contributed by atoms with E-state index in [0.29, 0.717) is 23.9 Å². The van der Waals surface area contributed by atoms with Crippen molar-refractivity contribution < 1.29 is 38.2 Å². The number of fused-ring (bicyclic) bond motifs is 3. The average molecular weight is 581 g/mol. The SMILES string of the molecule is CC(C)(C)OC(=O)C[C@H]1CCCCC/C=C\[C@H]2C[C@@]2(C(=O)O)CC(=O)[C@@H]2C[C@@H](Oc3nc4ccccc4o3)CN2C1=O. The van der Waals surface area contributed by atoms with Crippen molar-refractivity contribution in [1.29, 1.82) is 0 Å². The topological polar surface area (TPSA) is 136 Å². The molecule has 1 saturated carbocycles. The average Bonchev–Trinajstić information content (AvgIpc) is 3.24. The molecule has 2 aliphatic heterocycles. The van der Waals surface area contributed by atoms with Crippen LogP contribution >= 0.6 is 0 Å². The van der Waals surface area contributed by atoms with Gasteiger partial charge in [0.05, 0.1) is 24.4 Å². The summed E-state index contributed by atoms with van der Waals surface area (Å²) in [5.74, 6) is -2.95. The van der Waals surface area contributed by atoms with Crippen LogP contribution < -0.4 is 4.74 Å². The molecule has 1 N–H and O–H groups in total. The molecule has 1 saturated heterocycles. The van der Waals surface area contributed by atoms with Gasteiger partial charge in [0, 0.05) is 18.8 Å². The van der Waals surface area contributed by atoms with E-state index in [1.165, 1.54) is 4.90 Å². The molecule has 1 aromatic carbocycles. The molecular formula is C32H40N2O8. The molecule has 1 aliphatic carbocycles. The second kappa shape index (κ2) is 11.9. The molecule has 0 radical (unpaired) electrons. The van der Waals surface area contributed by atoms with Crippen molar-refractivity contribution in [1.82, 2.24) is 9.88 Å². The second-order valence-corrected chi connectivity index (χ2v) is 12.9. The fourth-order valence-electron chi connectivity index (χ4n) is 6.24. The molecule has 3 aliphatic rings. The summed E-state index contributed by atoms with van der Waals surface area (Å²) in [7, 11) is 0. The molecule has 0 bridgehead atoms. The molecule has 10 nitrogen and oxygen atoms in total. The minimum absolute atomic E-state index is 0.0449. The van der Waals surface area contributed by atoms with Crippen LogP contribution in [0.25, 0.3) is 11.1 Å². The van der Waals surface area contributed by atoms with Gasteiger partial charge in [-0.05, 0) is 64.5 Å². The molecule has 226 valence electrons. The zero-order valence-corrected chi connectivity index (χ0v) is 24.5. The smallest absolute Gasteiger partial charge is 0.394 e. The lowest BCUT2D eigenvalue weighted by molar-refractivity contribution is -0.159. The summed E-state index contributed by atoms with van der Waals surface area (Å²) in [6, 6.07) is 6.35. The predicted molar refractivity (Wildman–Crippen MR) is 153 cm³/mol. The fourth-order valence-corrected chi connectivity index (χ4v) is 6.24. The molecule has 1 amide bonds. The van der Waals surface area contributed by atoms with Gasteiger partial charge in [-0.3, -0.25) is 19.2 Å². The van der Waals surface area contributed by atoms with Crippen molar-refractivity contribution in [3.05, 3.63) is 36.4 Å². The highest BCUT2D eigenvalue weighted by Crippen LogP contribution is 2.57. The first kappa shape index (κ1) is 29.8. The molecule has 3 heterocycles.